The standard InChI is InChI=1S/C15H22N2O/c1-11(2)9-14(16)15(18)17-8-7-12-5-3-4-6-13(12)10-17/h3-6,11,14H,7-10,16H2,1-2H3/t14-/m0/s1. The average molecular weight is 246 g/mol. The van der Waals surface area contributed by atoms with Crippen molar-refractivity contribution in [2.45, 2.75) is 39.3 Å². The number of carbonyl (C=O) groups is 1. The van der Waals surface area contributed by atoms with Crippen molar-refractivity contribution in [1.29, 1.82) is 0 Å². The van der Waals surface area contributed by atoms with E-state index in [1.54, 1.807) is 0 Å². The molecular weight excluding hydrogens is 224 g/mol. The van der Waals surface area contributed by atoms with Gasteiger partial charge in [0.1, 0.15) is 0 Å². The molecule has 3 nitrogen and oxygen atoms in total. The van der Waals surface area contributed by atoms with Crippen LogP contribution in [0.15, 0.2) is 24.3 Å². The number of benzene rings is 1. The molecule has 1 amide bonds. The van der Waals surface area contributed by atoms with Crippen molar-refractivity contribution in [3.63, 3.8) is 0 Å². The fourth-order valence-electron chi connectivity index (χ4n) is 2.53. The maximum atomic E-state index is 12.2. The van der Waals surface area contributed by atoms with Gasteiger partial charge in [-0.15, -0.1) is 0 Å². The lowest BCUT2D eigenvalue weighted by atomic mass is 9.98. The Kier molecular flexibility index (Phi) is 4.02. The van der Waals surface area contributed by atoms with E-state index < -0.39 is 0 Å². The quantitative estimate of drug-likeness (QED) is 0.886. The Morgan fingerprint density at radius 2 is 2.00 bits per heavy atom. The summed E-state index contributed by atoms with van der Waals surface area (Å²) in [7, 11) is 0. The monoisotopic (exact) mass is 246 g/mol. The van der Waals surface area contributed by atoms with Crippen LogP contribution in [-0.2, 0) is 17.8 Å². The fourth-order valence-corrected chi connectivity index (χ4v) is 2.53. The summed E-state index contributed by atoms with van der Waals surface area (Å²) in [5.74, 6) is 0.555. The maximum Gasteiger partial charge on any atom is 0.239 e. The molecule has 0 aromatic heterocycles. The molecule has 98 valence electrons. The Bertz CT molecular complexity index is 428. The van der Waals surface area contributed by atoms with Crippen LogP contribution in [0.2, 0.25) is 0 Å². The van der Waals surface area contributed by atoms with E-state index in [1.807, 2.05) is 11.0 Å². The number of amides is 1. The molecule has 0 aliphatic carbocycles. The first-order chi connectivity index (χ1) is 8.58. The fraction of sp³-hybridized carbons (Fsp3) is 0.533. The third-order valence-electron chi connectivity index (χ3n) is 3.48. The van der Waals surface area contributed by atoms with Crippen molar-refractivity contribution in [1.82, 2.24) is 4.90 Å². The number of hydrogen-bond acceptors (Lipinski definition) is 2. The highest BCUT2D eigenvalue weighted by molar-refractivity contribution is 5.81. The Morgan fingerprint density at radius 3 is 2.67 bits per heavy atom. The van der Waals surface area contributed by atoms with Crippen LogP contribution in [0.1, 0.15) is 31.4 Å². The Morgan fingerprint density at radius 1 is 1.33 bits per heavy atom. The number of carbonyl (C=O) groups excluding carboxylic acids is 1. The summed E-state index contributed by atoms with van der Waals surface area (Å²) in [4.78, 5) is 14.1. The minimum Gasteiger partial charge on any atom is -0.337 e. The van der Waals surface area contributed by atoms with Crippen LogP contribution < -0.4 is 5.73 Å². The Labute approximate surface area is 109 Å². The van der Waals surface area contributed by atoms with Gasteiger partial charge in [0.05, 0.1) is 6.04 Å². The van der Waals surface area contributed by atoms with Gasteiger partial charge in [0.15, 0.2) is 0 Å². The lowest BCUT2D eigenvalue weighted by molar-refractivity contribution is -0.133. The zero-order valence-corrected chi connectivity index (χ0v) is 11.2. The van der Waals surface area contributed by atoms with Crippen molar-refractivity contribution in [2.24, 2.45) is 11.7 Å². The van der Waals surface area contributed by atoms with Crippen molar-refractivity contribution < 1.29 is 4.79 Å². The molecule has 0 saturated heterocycles. The van der Waals surface area contributed by atoms with Crippen LogP contribution in [0.5, 0.6) is 0 Å². The molecule has 18 heavy (non-hydrogen) atoms. The van der Waals surface area contributed by atoms with Gasteiger partial charge in [-0.3, -0.25) is 4.79 Å². The van der Waals surface area contributed by atoms with E-state index >= 15 is 0 Å². The van der Waals surface area contributed by atoms with Crippen molar-refractivity contribution >= 4 is 5.91 Å². The molecule has 0 saturated carbocycles. The van der Waals surface area contributed by atoms with Crippen molar-refractivity contribution in [3.8, 4) is 0 Å². The summed E-state index contributed by atoms with van der Waals surface area (Å²) >= 11 is 0. The average Bonchev–Trinajstić information content (AvgIpc) is 2.36. The molecule has 1 aromatic rings. The summed E-state index contributed by atoms with van der Waals surface area (Å²) in [5.41, 5.74) is 8.60. The zero-order valence-electron chi connectivity index (χ0n) is 11.2. The number of fused-ring (bicyclic) bond motifs is 1. The first kappa shape index (κ1) is 13.1. The highest BCUT2D eigenvalue weighted by Gasteiger charge is 2.25. The molecule has 1 heterocycles. The number of rotatable bonds is 3. The second-order valence-electron chi connectivity index (χ2n) is 5.51. The van der Waals surface area contributed by atoms with E-state index in [0.717, 1.165) is 19.4 Å². The molecule has 1 aliphatic heterocycles. The smallest absolute Gasteiger partial charge is 0.239 e. The maximum absolute atomic E-state index is 12.2. The lowest BCUT2D eigenvalue weighted by Crippen LogP contribution is -2.46. The molecule has 0 unspecified atom stereocenters. The summed E-state index contributed by atoms with van der Waals surface area (Å²) < 4.78 is 0. The second kappa shape index (κ2) is 5.53. The van der Waals surface area contributed by atoms with E-state index in [1.165, 1.54) is 11.1 Å². The van der Waals surface area contributed by atoms with Crippen molar-refractivity contribution in [3.05, 3.63) is 35.4 Å². The zero-order chi connectivity index (χ0) is 13.1. The van der Waals surface area contributed by atoms with Gasteiger partial charge < -0.3 is 10.6 Å². The van der Waals surface area contributed by atoms with Crippen LogP contribution in [0.25, 0.3) is 0 Å². The second-order valence-corrected chi connectivity index (χ2v) is 5.51. The van der Waals surface area contributed by atoms with Crippen LogP contribution in [-0.4, -0.2) is 23.4 Å². The molecule has 0 spiro atoms. The molecule has 0 bridgehead atoms. The van der Waals surface area contributed by atoms with Gasteiger partial charge >= 0.3 is 0 Å². The van der Waals surface area contributed by atoms with Gasteiger partial charge in [-0.2, -0.15) is 0 Å². The van der Waals surface area contributed by atoms with E-state index in [9.17, 15) is 4.79 Å². The number of hydrogen-bond donors (Lipinski definition) is 1. The van der Waals surface area contributed by atoms with Crippen molar-refractivity contribution in [2.75, 3.05) is 6.54 Å². The predicted octanol–water partition coefficient (Wildman–Crippen LogP) is 1.94. The Balaban J connectivity index is 2.02. The SMILES string of the molecule is CC(C)C[C@H](N)C(=O)N1CCc2ccccc2C1. The molecule has 1 aliphatic rings. The molecule has 0 fully saturated rings. The van der Waals surface area contributed by atoms with Crippen LogP contribution in [0, 0.1) is 5.92 Å². The summed E-state index contributed by atoms with van der Waals surface area (Å²) in [5, 5.41) is 0. The van der Waals surface area contributed by atoms with Gasteiger partial charge in [0, 0.05) is 13.1 Å². The topological polar surface area (TPSA) is 46.3 Å². The molecule has 2 N–H and O–H groups in total. The number of nitrogens with zero attached hydrogens (tertiary/aromatic N) is 1. The van der Waals surface area contributed by atoms with Crippen LogP contribution in [0.4, 0.5) is 0 Å². The molecule has 3 heteroatoms. The minimum atomic E-state index is -0.352. The molecule has 1 aromatic carbocycles. The van der Waals surface area contributed by atoms with Crippen LogP contribution in [0.3, 0.4) is 0 Å². The van der Waals surface area contributed by atoms with E-state index in [0.29, 0.717) is 12.5 Å². The van der Waals surface area contributed by atoms with E-state index in [2.05, 4.69) is 32.0 Å². The summed E-state index contributed by atoms with van der Waals surface area (Å²) in [6, 6.07) is 7.98. The van der Waals surface area contributed by atoms with Crippen LogP contribution >= 0.6 is 0 Å². The van der Waals surface area contributed by atoms with Gasteiger partial charge in [-0.25, -0.2) is 0 Å². The summed E-state index contributed by atoms with van der Waals surface area (Å²) in [6.07, 6.45) is 1.70. The first-order valence-electron chi connectivity index (χ1n) is 6.69. The number of nitrogens with two attached hydrogens (primary N) is 1. The highest BCUT2D eigenvalue weighted by atomic mass is 16.2. The highest BCUT2D eigenvalue weighted by Crippen LogP contribution is 2.19. The lowest BCUT2D eigenvalue weighted by Gasteiger charge is -2.31. The molecule has 2 rings (SSSR count). The third-order valence-corrected chi connectivity index (χ3v) is 3.48. The normalized spacial score (nSPS) is 16.6. The third kappa shape index (κ3) is 2.91. The summed E-state index contributed by atoms with van der Waals surface area (Å²) in [6.45, 7) is 5.69. The van der Waals surface area contributed by atoms with Gasteiger partial charge in [0.25, 0.3) is 0 Å². The predicted molar refractivity (Wildman–Crippen MR) is 73.0 cm³/mol. The van der Waals surface area contributed by atoms with Gasteiger partial charge in [0.2, 0.25) is 5.91 Å². The van der Waals surface area contributed by atoms with E-state index in [-0.39, 0.29) is 11.9 Å². The largest absolute Gasteiger partial charge is 0.337 e. The molecule has 1 atom stereocenters. The first-order valence-corrected chi connectivity index (χ1v) is 6.69. The molecule has 0 radical (unpaired) electrons. The molecular formula is C15H22N2O. The van der Waals surface area contributed by atoms with E-state index in [4.69, 9.17) is 5.73 Å². The Hall–Kier alpha value is -1.35. The van der Waals surface area contributed by atoms with Gasteiger partial charge in [-0.05, 0) is 29.9 Å². The van der Waals surface area contributed by atoms with Gasteiger partial charge in [-0.1, -0.05) is 38.1 Å². The minimum absolute atomic E-state index is 0.0956.